The normalized spacial score (nSPS) is 10.8. The van der Waals surface area contributed by atoms with Crippen LogP contribution in [0.1, 0.15) is 16.7 Å². The molecule has 2 aromatic carbocycles. The summed E-state index contributed by atoms with van der Waals surface area (Å²) in [5, 5.41) is 2.66. The van der Waals surface area contributed by atoms with Gasteiger partial charge in [-0.25, -0.2) is 4.39 Å². The minimum Gasteiger partial charge on any atom is -0.348 e. The predicted molar refractivity (Wildman–Crippen MR) is 86.2 cm³/mol. The fraction of sp³-hybridized carbons (Fsp3) is 0.118. The van der Waals surface area contributed by atoms with Gasteiger partial charge in [0.1, 0.15) is 5.82 Å². The Morgan fingerprint density at radius 3 is 2.62 bits per heavy atom. The first-order valence-corrected chi connectivity index (χ1v) is 7.30. The number of hydrogen-bond donors (Lipinski definition) is 1. The summed E-state index contributed by atoms with van der Waals surface area (Å²) < 4.78 is 14.3. The molecule has 2 aromatic rings. The number of nitrogens with one attached hydrogen (secondary N) is 1. The van der Waals surface area contributed by atoms with Gasteiger partial charge in [-0.15, -0.1) is 0 Å². The van der Waals surface area contributed by atoms with Crippen LogP contribution in [0.2, 0.25) is 0 Å². The summed E-state index contributed by atoms with van der Waals surface area (Å²) in [7, 11) is 0. The molecular weight excluding hydrogens is 333 g/mol. The van der Waals surface area contributed by atoms with Gasteiger partial charge in [0, 0.05) is 22.7 Å². The molecule has 0 aliphatic carbocycles. The fourth-order valence-corrected chi connectivity index (χ4v) is 2.09. The zero-order valence-corrected chi connectivity index (χ0v) is 13.2. The maximum atomic E-state index is 13.6. The summed E-state index contributed by atoms with van der Waals surface area (Å²) >= 11 is 3.19. The van der Waals surface area contributed by atoms with Crippen LogP contribution in [0.25, 0.3) is 6.08 Å². The first-order chi connectivity index (χ1) is 10.0. The Labute approximate surface area is 131 Å². The van der Waals surface area contributed by atoms with E-state index < -0.39 is 0 Å². The number of amides is 1. The van der Waals surface area contributed by atoms with Gasteiger partial charge in [-0.1, -0.05) is 51.8 Å². The van der Waals surface area contributed by atoms with Crippen LogP contribution in [0.5, 0.6) is 0 Å². The minimum absolute atomic E-state index is 0.163. The summed E-state index contributed by atoms with van der Waals surface area (Å²) in [5.41, 5.74) is 2.57. The molecule has 0 heterocycles. The van der Waals surface area contributed by atoms with E-state index in [-0.39, 0.29) is 18.3 Å². The second-order valence-electron chi connectivity index (χ2n) is 4.70. The van der Waals surface area contributed by atoms with Crippen molar-refractivity contribution in [1.82, 2.24) is 5.32 Å². The molecule has 0 atom stereocenters. The largest absolute Gasteiger partial charge is 0.348 e. The number of carbonyl (C=O) groups is 1. The molecule has 1 amide bonds. The molecule has 0 aliphatic heterocycles. The topological polar surface area (TPSA) is 29.1 Å². The smallest absolute Gasteiger partial charge is 0.244 e. The molecule has 2 rings (SSSR count). The molecule has 108 valence electrons. The van der Waals surface area contributed by atoms with E-state index in [1.165, 1.54) is 17.7 Å². The van der Waals surface area contributed by atoms with Gasteiger partial charge in [0.2, 0.25) is 5.91 Å². The fourth-order valence-electron chi connectivity index (χ4n) is 1.76. The molecule has 21 heavy (non-hydrogen) atoms. The summed E-state index contributed by atoms with van der Waals surface area (Å²) in [6.45, 7) is 2.17. The molecule has 2 nitrogen and oxygen atoms in total. The van der Waals surface area contributed by atoms with Crippen molar-refractivity contribution in [3.63, 3.8) is 0 Å². The molecule has 0 saturated carbocycles. The van der Waals surface area contributed by atoms with Gasteiger partial charge in [-0.3, -0.25) is 4.79 Å². The lowest BCUT2D eigenvalue weighted by Gasteiger charge is -2.04. The molecule has 4 heteroatoms. The monoisotopic (exact) mass is 347 g/mol. The average Bonchev–Trinajstić information content (AvgIpc) is 2.46. The highest BCUT2D eigenvalue weighted by atomic mass is 79.9. The van der Waals surface area contributed by atoms with E-state index in [9.17, 15) is 9.18 Å². The van der Waals surface area contributed by atoms with Crippen LogP contribution in [0.3, 0.4) is 0 Å². The predicted octanol–water partition coefficient (Wildman–Crippen LogP) is 4.23. The molecule has 0 spiro atoms. The number of hydrogen-bond acceptors (Lipinski definition) is 1. The van der Waals surface area contributed by atoms with Gasteiger partial charge >= 0.3 is 0 Å². The third kappa shape index (κ3) is 4.83. The van der Waals surface area contributed by atoms with Crippen molar-refractivity contribution >= 4 is 27.9 Å². The molecule has 0 saturated heterocycles. The van der Waals surface area contributed by atoms with Crippen LogP contribution in [-0.2, 0) is 11.3 Å². The van der Waals surface area contributed by atoms with Crippen molar-refractivity contribution in [1.29, 1.82) is 0 Å². The Morgan fingerprint density at radius 2 is 1.95 bits per heavy atom. The van der Waals surface area contributed by atoms with E-state index in [1.807, 2.05) is 31.2 Å². The van der Waals surface area contributed by atoms with Crippen LogP contribution in [0.4, 0.5) is 4.39 Å². The molecule has 0 bridgehead atoms. The van der Waals surface area contributed by atoms with Crippen molar-refractivity contribution in [2.45, 2.75) is 13.5 Å². The number of benzene rings is 2. The molecular formula is C17H15BrFNO. The zero-order valence-electron chi connectivity index (χ0n) is 11.6. The lowest BCUT2D eigenvalue weighted by Crippen LogP contribution is -2.20. The minimum atomic E-state index is -0.341. The van der Waals surface area contributed by atoms with Gasteiger partial charge in [-0.05, 0) is 30.7 Å². The van der Waals surface area contributed by atoms with Crippen LogP contribution in [-0.4, -0.2) is 5.91 Å². The Morgan fingerprint density at radius 1 is 1.24 bits per heavy atom. The second kappa shape index (κ2) is 7.18. The number of rotatable bonds is 4. The van der Waals surface area contributed by atoms with Gasteiger partial charge in [0.25, 0.3) is 0 Å². The lowest BCUT2D eigenvalue weighted by atomic mass is 10.1. The van der Waals surface area contributed by atoms with Crippen LogP contribution < -0.4 is 5.32 Å². The van der Waals surface area contributed by atoms with Crippen molar-refractivity contribution in [2.75, 3.05) is 0 Å². The molecule has 0 aromatic heterocycles. The maximum Gasteiger partial charge on any atom is 0.244 e. The Kier molecular flexibility index (Phi) is 5.28. The van der Waals surface area contributed by atoms with Gasteiger partial charge in [0.05, 0.1) is 0 Å². The van der Waals surface area contributed by atoms with Crippen molar-refractivity contribution < 1.29 is 9.18 Å². The summed E-state index contributed by atoms with van der Waals surface area (Å²) in [6, 6.07) is 12.6. The maximum absolute atomic E-state index is 13.6. The molecule has 1 N–H and O–H groups in total. The summed E-state index contributed by atoms with van der Waals surface area (Å²) in [5.74, 6) is -0.593. The van der Waals surface area contributed by atoms with Gasteiger partial charge < -0.3 is 5.32 Å². The number of carbonyl (C=O) groups excluding carboxylic acids is 1. The average molecular weight is 348 g/mol. The van der Waals surface area contributed by atoms with Crippen LogP contribution in [0.15, 0.2) is 53.0 Å². The third-order valence-corrected chi connectivity index (χ3v) is 3.47. The Hall–Kier alpha value is -1.94. The molecule has 0 aliphatic rings. The van der Waals surface area contributed by atoms with Crippen LogP contribution in [0, 0.1) is 12.7 Å². The quantitative estimate of drug-likeness (QED) is 0.824. The van der Waals surface area contributed by atoms with Crippen molar-refractivity contribution in [3.8, 4) is 0 Å². The molecule has 0 fully saturated rings. The van der Waals surface area contributed by atoms with Crippen molar-refractivity contribution in [3.05, 3.63) is 75.5 Å². The third-order valence-electron chi connectivity index (χ3n) is 2.97. The summed E-state index contributed by atoms with van der Waals surface area (Å²) in [4.78, 5) is 11.7. The van der Waals surface area contributed by atoms with Crippen molar-refractivity contribution in [2.24, 2.45) is 0 Å². The van der Waals surface area contributed by atoms with E-state index in [4.69, 9.17) is 0 Å². The Balaban J connectivity index is 1.91. The van der Waals surface area contributed by atoms with E-state index in [0.717, 1.165) is 5.56 Å². The van der Waals surface area contributed by atoms with E-state index in [1.54, 1.807) is 18.2 Å². The van der Waals surface area contributed by atoms with Gasteiger partial charge in [0.15, 0.2) is 0 Å². The number of aryl methyl sites for hydroxylation is 1. The lowest BCUT2D eigenvalue weighted by molar-refractivity contribution is -0.116. The zero-order chi connectivity index (χ0) is 15.2. The highest BCUT2D eigenvalue weighted by Gasteiger charge is 2.03. The van der Waals surface area contributed by atoms with E-state index >= 15 is 0 Å². The Bertz CT molecular complexity index is 665. The highest BCUT2D eigenvalue weighted by molar-refractivity contribution is 9.10. The molecule has 0 unspecified atom stereocenters. The molecule has 0 radical (unpaired) electrons. The van der Waals surface area contributed by atoms with Crippen LogP contribution >= 0.6 is 15.9 Å². The first kappa shape index (κ1) is 15.4. The van der Waals surface area contributed by atoms with E-state index in [0.29, 0.717) is 10.0 Å². The first-order valence-electron chi connectivity index (χ1n) is 6.51. The number of halogens is 2. The SMILES string of the molecule is Cc1ccc(/C=C/C(=O)NCc2ccc(Br)cc2F)cc1. The summed E-state index contributed by atoms with van der Waals surface area (Å²) in [6.07, 6.45) is 3.17. The van der Waals surface area contributed by atoms with E-state index in [2.05, 4.69) is 21.2 Å². The standard InChI is InChI=1S/C17H15BrFNO/c1-12-2-4-13(5-3-12)6-9-17(21)20-11-14-7-8-15(18)10-16(14)19/h2-10H,11H2,1H3,(H,20,21)/b9-6+. The second-order valence-corrected chi connectivity index (χ2v) is 5.61. The van der Waals surface area contributed by atoms with Gasteiger partial charge in [-0.2, -0.15) is 0 Å². The highest BCUT2D eigenvalue weighted by Crippen LogP contribution is 2.15.